The fourth-order valence-corrected chi connectivity index (χ4v) is 5.72. The average molecular weight is 580 g/mol. The van der Waals surface area contributed by atoms with Gasteiger partial charge in [-0.2, -0.15) is 0 Å². The molecule has 9 heteroatoms. The Morgan fingerprint density at radius 3 is 2.05 bits per heavy atom. The highest BCUT2D eigenvalue weighted by molar-refractivity contribution is 8.00. The van der Waals surface area contributed by atoms with E-state index in [0.717, 1.165) is 27.5 Å². The van der Waals surface area contributed by atoms with Crippen LogP contribution in [0.5, 0.6) is 0 Å². The number of carbonyl (C=O) groups excluding carboxylic acids is 1. The number of hydrogen-bond acceptors (Lipinski definition) is 4. The normalized spacial score (nSPS) is 11.5. The predicted octanol–water partition coefficient (Wildman–Crippen LogP) is 6.77. The summed E-state index contributed by atoms with van der Waals surface area (Å²) in [6.07, 6.45) is 0. The van der Waals surface area contributed by atoms with Gasteiger partial charge in [-0.1, -0.05) is 72.8 Å². The van der Waals surface area contributed by atoms with E-state index in [4.69, 9.17) is 12.2 Å². The molecular formula is C32H29N5O2S2. The number of thioether (sulfide) groups is 1. The largest absolute Gasteiger partial charge is 0.332 e. The minimum absolute atomic E-state index is 0.260. The van der Waals surface area contributed by atoms with Crippen molar-refractivity contribution in [2.75, 3.05) is 16.0 Å². The van der Waals surface area contributed by atoms with Crippen LogP contribution in [0.3, 0.4) is 0 Å². The smallest absolute Gasteiger partial charge is 0.295 e. The maximum atomic E-state index is 13.8. The Kier molecular flexibility index (Phi) is 8.67. The fraction of sp³-hybridized carbons (Fsp3) is 0.0938. The highest BCUT2D eigenvalue weighted by Gasteiger charge is 2.26. The molecule has 1 aromatic heterocycles. The molecule has 5 aromatic rings. The molecule has 3 N–H and O–H groups in total. The molecule has 206 valence electrons. The Balaban J connectivity index is 1.38. The molecule has 41 heavy (non-hydrogen) atoms. The third kappa shape index (κ3) is 6.59. The lowest BCUT2D eigenvalue weighted by Crippen LogP contribution is -2.25. The maximum Gasteiger partial charge on any atom is 0.295 e. The van der Waals surface area contributed by atoms with E-state index in [1.165, 1.54) is 11.8 Å². The molecule has 0 fully saturated rings. The first-order chi connectivity index (χ1) is 19.9. The Hall–Kier alpha value is -4.60. The van der Waals surface area contributed by atoms with Gasteiger partial charge in [0.15, 0.2) is 5.11 Å². The SMILES string of the molecule is Cc1c(NC(=O)C(Sc2cccc(NC(=S)Nc3ccccc3)c2)c2ccccc2)c(=O)n(-c2ccccc2)n1C. The van der Waals surface area contributed by atoms with Crippen molar-refractivity contribution in [2.24, 2.45) is 7.05 Å². The topological polar surface area (TPSA) is 80.1 Å². The quantitative estimate of drug-likeness (QED) is 0.139. The van der Waals surface area contributed by atoms with Crippen LogP contribution in [0.1, 0.15) is 16.5 Å². The summed E-state index contributed by atoms with van der Waals surface area (Å²) in [6, 6.07) is 36.3. The van der Waals surface area contributed by atoms with E-state index in [0.29, 0.717) is 10.8 Å². The average Bonchev–Trinajstić information content (AvgIpc) is 3.20. The summed E-state index contributed by atoms with van der Waals surface area (Å²) in [5.74, 6) is -0.285. The molecular weight excluding hydrogens is 551 g/mol. The molecule has 0 bridgehead atoms. The molecule has 1 atom stereocenters. The number of para-hydroxylation sites is 2. The second-order valence-electron chi connectivity index (χ2n) is 9.31. The Morgan fingerprint density at radius 1 is 0.780 bits per heavy atom. The highest BCUT2D eigenvalue weighted by Crippen LogP contribution is 2.37. The summed E-state index contributed by atoms with van der Waals surface area (Å²) < 4.78 is 3.30. The maximum absolute atomic E-state index is 13.8. The molecule has 7 nitrogen and oxygen atoms in total. The summed E-state index contributed by atoms with van der Waals surface area (Å²) in [5, 5.41) is 9.18. The monoisotopic (exact) mass is 579 g/mol. The summed E-state index contributed by atoms with van der Waals surface area (Å²) in [6.45, 7) is 1.82. The van der Waals surface area contributed by atoms with Crippen molar-refractivity contribution in [3.05, 3.63) is 137 Å². The number of carbonyl (C=O) groups is 1. The third-order valence-electron chi connectivity index (χ3n) is 6.52. The van der Waals surface area contributed by atoms with E-state index < -0.39 is 5.25 Å². The number of hydrogen-bond donors (Lipinski definition) is 3. The van der Waals surface area contributed by atoms with Crippen LogP contribution < -0.4 is 21.5 Å². The summed E-state index contributed by atoms with van der Waals surface area (Å²) in [5.41, 5.74) is 3.87. The minimum atomic E-state index is -0.606. The zero-order chi connectivity index (χ0) is 28.8. The first kappa shape index (κ1) is 27.9. The van der Waals surface area contributed by atoms with Gasteiger partial charge < -0.3 is 16.0 Å². The molecule has 0 saturated carbocycles. The molecule has 1 unspecified atom stereocenters. The zero-order valence-corrected chi connectivity index (χ0v) is 24.2. The van der Waals surface area contributed by atoms with Gasteiger partial charge in [0, 0.05) is 23.3 Å². The van der Waals surface area contributed by atoms with Crippen LogP contribution in [0.15, 0.2) is 125 Å². The number of amides is 1. The number of aromatic nitrogens is 2. The molecule has 0 aliphatic heterocycles. The molecule has 0 spiro atoms. The number of nitrogens with one attached hydrogen (secondary N) is 3. The summed E-state index contributed by atoms with van der Waals surface area (Å²) >= 11 is 6.89. The molecule has 0 aliphatic rings. The van der Waals surface area contributed by atoms with Gasteiger partial charge in [-0.25, -0.2) is 4.68 Å². The molecule has 0 saturated heterocycles. The van der Waals surface area contributed by atoms with E-state index in [-0.39, 0.29) is 17.2 Å². The molecule has 4 aromatic carbocycles. The van der Waals surface area contributed by atoms with Gasteiger partial charge in [-0.05, 0) is 67.2 Å². The van der Waals surface area contributed by atoms with Gasteiger partial charge in [-0.15, -0.1) is 11.8 Å². The molecule has 1 heterocycles. The van der Waals surface area contributed by atoms with E-state index in [9.17, 15) is 9.59 Å². The number of thiocarbonyl (C=S) groups is 1. The van der Waals surface area contributed by atoms with Crippen LogP contribution in [0, 0.1) is 6.92 Å². The molecule has 0 radical (unpaired) electrons. The van der Waals surface area contributed by atoms with Crippen LogP contribution >= 0.6 is 24.0 Å². The second kappa shape index (κ2) is 12.7. The van der Waals surface area contributed by atoms with E-state index in [2.05, 4.69) is 16.0 Å². The van der Waals surface area contributed by atoms with E-state index in [1.807, 2.05) is 122 Å². The van der Waals surface area contributed by atoms with Crippen molar-refractivity contribution in [1.29, 1.82) is 0 Å². The Labute approximate surface area is 248 Å². The molecule has 1 amide bonds. The second-order valence-corrected chi connectivity index (χ2v) is 10.9. The van der Waals surface area contributed by atoms with Crippen molar-refractivity contribution >= 4 is 52.1 Å². The van der Waals surface area contributed by atoms with Crippen molar-refractivity contribution in [3.63, 3.8) is 0 Å². The number of rotatable bonds is 8. The lowest BCUT2D eigenvalue weighted by molar-refractivity contribution is -0.115. The van der Waals surface area contributed by atoms with E-state index >= 15 is 0 Å². The van der Waals surface area contributed by atoms with Gasteiger partial charge in [0.25, 0.3) is 5.56 Å². The van der Waals surface area contributed by atoms with Crippen LogP contribution in [-0.2, 0) is 11.8 Å². The van der Waals surface area contributed by atoms with Gasteiger partial charge in [-0.3, -0.25) is 14.3 Å². The molecule has 0 aliphatic carbocycles. The standard InChI is InChI=1S/C32H29N5O2S2/c1-22-28(31(39)37(36(22)2)26-18-10-5-11-19-26)35-30(38)29(23-13-6-3-7-14-23)41-27-20-12-17-25(21-27)34-32(40)33-24-15-8-4-9-16-24/h3-21,29H,1-2H3,(H,35,38)(H2,33,34,40). The van der Waals surface area contributed by atoms with Gasteiger partial charge in [0.1, 0.15) is 10.9 Å². The number of anilines is 3. The lowest BCUT2D eigenvalue weighted by Gasteiger charge is -2.17. The van der Waals surface area contributed by atoms with Crippen LogP contribution in [0.2, 0.25) is 0 Å². The fourth-order valence-electron chi connectivity index (χ4n) is 4.40. The van der Waals surface area contributed by atoms with Crippen molar-refractivity contribution in [3.8, 4) is 5.69 Å². The van der Waals surface area contributed by atoms with Crippen molar-refractivity contribution in [2.45, 2.75) is 17.1 Å². The highest BCUT2D eigenvalue weighted by atomic mass is 32.2. The Bertz CT molecular complexity index is 1720. The summed E-state index contributed by atoms with van der Waals surface area (Å²) in [4.78, 5) is 28.1. The van der Waals surface area contributed by atoms with E-state index in [1.54, 1.807) is 16.4 Å². The first-order valence-electron chi connectivity index (χ1n) is 13.0. The first-order valence-corrected chi connectivity index (χ1v) is 14.3. The van der Waals surface area contributed by atoms with Gasteiger partial charge in [0.05, 0.1) is 11.4 Å². The van der Waals surface area contributed by atoms with Crippen LogP contribution in [-0.4, -0.2) is 20.4 Å². The zero-order valence-electron chi connectivity index (χ0n) is 22.6. The predicted molar refractivity (Wildman–Crippen MR) is 172 cm³/mol. The number of nitrogens with zero attached hydrogens (tertiary/aromatic N) is 2. The van der Waals surface area contributed by atoms with Crippen molar-refractivity contribution in [1.82, 2.24) is 9.36 Å². The molecule has 5 rings (SSSR count). The summed E-state index contributed by atoms with van der Waals surface area (Å²) in [7, 11) is 1.80. The van der Waals surface area contributed by atoms with Crippen LogP contribution in [0.25, 0.3) is 5.69 Å². The van der Waals surface area contributed by atoms with Gasteiger partial charge in [0.2, 0.25) is 5.91 Å². The lowest BCUT2D eigenvalue weighted by atomic mass is 10.1. The van der Waals surface area contributed by atoms with Crippen LogP contribution in [0.4, 0.5) is 17.1 Å². The third-order valence-corrected chi connectivity index (χ3v) is 7.97. The van der Waals surface area contributed by atoms with Crippen molar-refractivity contribution < 1.29 is 4.79 Å². The van der Waals surface area contributed by atoms with Gasteiger partial charge >= 0.3 is 0 Å². The Morgan fingerprint density at radius 2 is 1.37 bits per heavy atom. The number of benzene rings is 4. The minimum Gasteiger partial charge on any atom is -0.332 e.